The maximum atomic E-state index is 13.8. The number of hydrogen-bond acceptors (Lipinski definition) is 3. The van der Waals surface area contributed by atoms with Crippen LogP contribution in [0.5, 0.6) is 5.75 Å². The minimum absolute atomic E-state index is 0.482. The second-order valence-corrected chi connectivity index (χ2v) is 5.42. The molecule has 106 valence electrons. The zero-order valence-electron chi connectivity index (χ0n) is 10.6. The monoisotopic (exact) mass is 335 g/mol. The van der Waals surface area contributed by atoms with Crippen LogP contribution in [0.2, 0.25) is 0 Å². The highest BCUT2D eigenvalue weighted by Crippen LogP contribution is 2.41. The summed E-state index contributed by atoms with van der Waals surface area (Å²) < 4.78 is 37.9. The Kier molecular flexibility index (Phi) is 4.76. The van der Waals surface area contributed by atoms with Gasteiger partial charge in [0.15, 0.2) is 0 Å². The Morgan fingerprint density at radius 3 is 2.32 bits per heavy atom. The van der Waals surface area contributed by atoms with Gasteiger partial charge in [-0.3, -0.25) is 4.90 Å². The van der Waals surface area contributed by atoms with E-state index >= 15 is 0 Å². The lowest BCUT2D eigenvalue weighted by molar-refractivity contribution is -0.0477. The van der Waals surface area contributed by atoms with E-state index < -0.39 is 10.9 Å². The normalized spacial score (nSPS) is 19.2. The van der Waals surface area contributed by atoms with Crippen LogP contribution < -0.4 is 4.74 Å². The van der Waals surface area contributed by atoms with Crippen molar-refractivity contribution in [3.63, 3.8) is 0 Å². The van der Waals surface area contributed by atoms with Gasteiger partial charge < -0.3 is 9.47 Å². The van der Waals surface area contributed by atoms with Gasteiger partial charge in [-0.1, -0.05) is 12.1 Å². The highest BCUT2D eigenvalue weighted by molar-refractivity contribution is 9.10. The molecule has 0 aromatic heterocycles. The van der Waals surface area contributed by atoms with Crippen LogP contribution in [-0.4, -0.2) is 43.1 Å². The van der Waals surface area contributed by atoms with Crippen molar-refractivity contribution in [2.45, 2.75) is 10.9 Å². The van der Waals surface area contributed by atoms with Crippen LogP contribution in [0.1, 0.15) is 11.6 Å². The van der Waals surface area contributed by atoms with Crippen molar-refractivity contribution >= 4 is 15.9 Å². The second kappa shape index (κ2) is 6.15. The fourth-order valence-corrected chi connectivity index (χ4v) is 2.78. The summed E-state index contributed by atoms with van der Waals surface area (Å²) in [4.78, 5) is -1.25. The summed E-state index contributed by atoms with van der Waals surface area (Å²) in [6.45, 7) is 1.96. The predicted octanol–water partition coefficient (Wildman–Crippen LogP) is 3.06. The van der Waals surface area contributed by atoms with Crippen LogP contribution in [0.4, 0.5) is 8.78 Å². The molecule has 1 aromatic rings. The van der Waals surface area contributed by atoms with Crippen LogP contribution in [0, 0.1) is 0 Å². The van der Waals surface area contributed by atoms with Crippen molar-refractivity contribution in [2.24, 2.45) is 0 Å². The summed E-state index contributed by atoms with van der Waals surface area (Å²) in [6.07, 6.45) is 0. The van der Waals surface area contributed by atoms with E-state index in [1.54, 1.807) is 36.3 Å². The number of morpholine rings is 1. The highest BCUT2D eigenvalue weighted by atomic mass is 79.9. The lowest BCUT2D eigenvalue weighted by Crippen LogP contribution is -2.44. The molecule has 2 rings (SSSR count). The van der Waals surface area contributed by atoms with Gasteiger partial charge in [-0.15, -0.1) is 0 Å². The van der Waals surface area contributed by atoms with Crippen molar-refractivity contribution in [3.8, 4) is 5.75 Å². The Morgan fingerprint density at radius 2 is 1.84 bits per heavy atom. The molecule has 0 bridgehead atoms. The Balaban J connectivity index is 2.25. The zero-order chi connectivity index (χ0) is 13.9. The first-order valence-electron chi connectivity index (χ1n) is 6.05. The third-order valence-corrected chi connectivity index (χ3v) is 3.59. The molecule has 0 aliphatic carbocycles. The van der Waals surface area contributed by atoms with Gasteiger partial charge in [0, 0.05) is 13.1 Å². The van der Waals surface area contributed by atoms with Crippen LogP contribution >= 0.6 is 15.9 Å². The van der Waals surface area contributed by atoms with Gasteiger partial charge in [0.25, 0.3) is 0 Å². The number of rotatable bonds is 4. The van der Waals surface area contributed by atoms with Gasteiger partial charge in [0.2, 0.25) is 0 Å². The number of hydrogen-bond donors (Lipinski definition) is 0. The molecule has 0 N–H and O–H groups in total. The Hall–Kier alpha value is -0.720. The summed E-state index contributed by atoms with van der Waals surface area (Å²) in [5.74, 6) is 0.655. The van der Waals surface area contributed by atoms with Gasteiger partial charge in [0.05, 0.1) is 20.3 Å². The van der Waals surface area contributed by atoms with Gasteiger partial charge in [-0.25, -0.2) is 0 Å². The van der Waals surface area contributed by atoms with E-state index in [4.69, 9.17) is 9.47 Å². The lowest BCUT2D eigenvalue weighted by atomic mass is 10.0. The first-order valence-corrected chi connectivity index (χ1v) is 6.84. The number of benzene rings is 1. The number of nitrogens with zero attached hydrogens (tertiary/aromatic N) is 1. The third-order valence-electron chi connectivity index (χ3n) is 3.15. The molecule has 1 aliphatic rings. The molecule has 0 amide bonds. The summed E-state index contributed by atoms with van der Waals surface area (Å²) in [5.41, 5.74) is 0.560. The van der Waals surface area contributed by atoms with Crippen LogP contribution in [0.3, 0.4) is 0 Å². The van der Waals surface area contributed by atoms with Gasteiger partial charge in [-0.2, -0.15) is 8.78 Å². The van der Waals surface area contributed by atoms with Crippen molar-refractivity contribution in [2.75, 3.05) is 33.4 Å². The fourth-order valence-electron chi connectivity index (χ4n) is 2.23. The average molecular weight is 336 g/mol. The quantitative estimate of drug-likeness (QED) is 0.789. The average Bonchev–Trinajstić information content (AvgIpc) is 2.39. The molecule has 0 radical (unpaired) electrons. The lowest BCUT2D eigenvalue weighted by Gasteiger charge is -2.36. The van der Waals surface area contributed by atoms with Crippen molar-refractivity contribution in [1.29, 1.82) is 0 Å². The van der Waals surface area contributed by atoms with Gasteiger partial charge >= 0.3 is 4.83 Å². The Morgan fingerprint density at radius 1 is 1.26 bits per heavy atom. The molecular formula is C13H16BrF2NO2. The molecule has 1 aliphatic heterocycles. The van der Waals surface area contributed by atoms with E-state index in [0.29, 0.717) is 37.6 Å². The molecule has 19 heavy (non-hydrogen) atoms. The van der Waals surface area contributed by atoms with E-state index in [1.807, 2.05) is 0 Å². The van der Waals surface area contributed by atoms with E-state index in [0.717, 1.165) is 0 Å². The summed E-state index contributed by atoms with van der Waals surface area (Å²) in [5, 5.41) is 0. The largest absolute Gasteiger partial charge is 0.497 e. The van der Waals surface area contributed by atoms with E-state index in [2.05, 4.69) is 15.9 Å². The molecule has 0 saturated carbocycles. The molecular weight excluding hydrogens is 320 g/mol. The standard InChI is InChI=1S/C13H16BrF2NO2/c1-18-11-4-2-10(3-5-11)12(13(14,15)16)17-6-8-19-9-7-17/h2-5,12H,6-9H2,1H3. The van der Waals surface area contributed by atoms with E-state index in [1.165, 1.54) is 0 Å². The number of methoxy groups -OCH3 is 1. The first kappa shape index (κ1) is 14.7. The van der Waals surface area contributed by atoms with E-state index in [9.17, 15) is 8.78 Å². The Labute approximate surface area is 119 Å². The molecule has 1 aromatic carbocycles. The second-order valence-electron chi connectivity index (χ2n) is 4.37. The maximum Gasteiger partial charge on any atom is 0.320 e. The maximum absolute atomic E-state index is 13.8. The fraction of sp³-hybridized carbons (Fsp3) is 0.538. The summed E-state index contributed by atoms with van der Waals surface area (Å²) in [6, 6.07) is 5.74. The highest BCUT2D eigenvalue weighted by Gasteiger charge is 2.42. The zero-order valence-corrected chi connectivity index (χ0v) is 12.2. The van der Waals surface area contributed by atoms with Crippen molar-refractivity contribution < 1.29 is 18.3 Å². The van der Waals surface area contributed by atoms with Crippen LogP contribution in [-0.2, 0) is 4.74 Å². The molecule has 1 saturated heterocycles. The SMILES string of the molecule is COc1ccc(C(N2CCOCC2)C(F)(F)Br)cc1. The molecule has 1 unspecified atom stereocenters. The number of alkyl halides is 3. The van der Waals surface area contributed by atoms with Gasteiger partial charge in [0.1, 0.15) is 11.8 Å². The minimum atomic E-state index is -2.99. The smallest absolute Gasteiger partial charge is 0.320 e. The molecule has 1 heterocycles. The Bertz CT molecular complexity index is 402. The summed E-state index contributed by atoms with van der Waals surface area (Å²) >= 11 is 2.51. The summed E-state index contributed by atoms with van der Waals surface area (Å²) in [7, 11) is 1.55. The molecule has 1 fully saturated rings. The topological polar surface area (TPSA) is 21.7 Å². The van der Waals surface area contributed by atoms with Crippen molar-refractivity contribution in [1.82, 2.24) is 4.90 Å². The minimum Gasteiger partial charge on any atom is -0.497 e. The molecule has 0 spiro atoms. The van der Waals surface area contributed by atoms with E-state index in [-0.39, 0.29) is 0 Å². The molecule has 1 atom stereocenters. The number of ether oxygens (including phenoxy) is 2. The predicted molar refractivity (Wildman–Crippen MR) is 72.0 cm³/mol. The van der Waals surface area contributed by atoms with Gasteiger partial charge in [-0.05, 0) is 33.6 Å². The molecule has 3 nitrogen and oxygen atoms in total. The van der Waals surface area contributed by atoms with Crippen LogP contribution in [0.15, 0.2) is 24.3 Å². The third kappa shape index (κ3) is 3.64. The van der Waals surface area contributed by atoms with Crippen LogP contribution in [0.25, 0.3) is 0 Å². The first-order chi connectivity index (χ1) is 9.02. The molecule has 6 heteroatoms. The number of halogens is 3. The van der Waals surface area contributed by atoms with Crippen molar-refractivity contribution in [3.05, 3.63) is 29.8 Å².